The molecule has 1 aromatic heterocycles. The number of aromatic nitrogens is 1. The molecule has 0 aliphatic heterocycles. The number of nitrogens with zero attached hydrogens (tertiary/aromatic N) is 2. The number of rotatable bonds is 3. The van der Waals surface area contributed by atoms with Crippen molar-refractivity contribution in [3.05, 3.63) is 109 Å². The minimum absolute atomic E-state index is 0.227. The van der Waals surface area contributed by atoms with Crippen LogP contribution >= 0.6 is 0 Å². The van der Waals surface area contributed by atoms with Crippen LogP contribution in [0, 0.1) is 17.1 Å². The zero-order valence-electron chi connectivity index (χ0n) is 21.0. The summed E-state index contributed by atoms with van der Waals surface area (Å²) in [5.41, 5.74) is 3.83. The van der Waals surface area contributed by atoms with Crippen LogP contribution in [0.25, 0.3) is 54.7 Å². The summed E-state index contributed by atoms with van der Waals surface area (Å²) in [5.74, 6) is -0.227. The molecule has 0 saturated heterocycles. The number of hydrogen-bond acceptors (Lipinski definition) is 2. The molecule has 1 heterocycles. The summed E-state index contributed by atoms with van der Waals surface area (Å²) in [6, 6.07) is 32.1. The molecule has 0 amide bonds. The van der Waals surface area contributed by atoms with E-state index in [9.17, 15) is 5.26 Å². The van der Waals surface area contributed by atoms with E-state index in [0.717, 1.165) is 49.1 Å². The first-order valence-electron chi connectivity index (χ1n) is 12.4. The first-order chi connectivity index (χ1) is 17.8. The molecule has 2 nitrogen and oxygen atoms in total. The lowest BCUT2D eigenvalue weighted by Crippen LogP contribution is -2.37. The van der Waals surface area contributed by atoms with Crippen LogP contribution in [-0.4, -0.2) is 13.1 Å². The molecule has 0 aliphatic rings. The lowest BCUT2D eigenvalue weighted by molar-refractivity contribution is 0.633. The maximum absolute atomic E-state index is 15.3. The Morgan fingerprint density at radius 3 is 2.16 bits per heavy atom. The summed E-state index contributed by atoms with van der Waals surface area (Å²) in [5, 5.41) is 16.9. The van der Waals surface area contributed by atoms with Crippen molar-refractivity contribution in [2.45, 2.75) is 19.6 Å². The van der Waals surface area contributed by atoms with Crippen molar-refractivity contribution in [3.63, 3.8) is 0 Å². The summed E-state index contributed by atoms with van der Waals surface area (Å²) in [4.78, 5) is 4.72. The Kier molecular flexibility index (Phi) is 5.40. The van der Waals surface area contributed by atoms with Gasteiger partial charge in [0, 0.05) is 22.7 Å². The summed E-state index contributed by atoms with van der Waals surface area (Å²) in [6.45, 7) is 6.94. The monoisotopic (exact) mass is 496 g/mol. The number of pyridine rings is 1. The van der Waals surface area contributed by atoms with E-state index in [4.69, 9.17) is 4.98 Å². The van der Waals surface area contributed by atoms with Gasteiger partial charge in [-0.2, -0.15) is 5.26 Å². The first-order valence-corrected chi connectivity index (χ1v) is 15.9. The van der Waals surface area contributed by atoms with Gasteiger partial charge in [0.15, 0.2) is 0 Å². The zero-order valence-corrected chi connectivity index (χ0v) is 22.0. The average Bonchev–Trinajstić information content (AvgIpc) is 2.91. The van der Waals surface area contributed by atoms with Crippen LogP contribution in [0.4, 0.5) is 4.39 Å². The number of fused-ring (bicyclic) bond motifs is 4. The van der Waals surface area contributed by atoms with Gasteiger partial charge < -0.3 is 0 Å². The van der Waals surface area contributed by atoms with E-state index in [0.29, 0.717) is 11.1 Å². The van der Waals surface area contributed by atoms with Crippen LogP contribution in [0.15, 0.2) is 97.2 Å². The number of hydrogen-bond donors (Lipinski definition) is 0. The quantitative estimate of drug-likeness (QED) is 0.182. The summed E-state index contributed by atoms with van der Waals surface area (Å²) in [6.07, 6.45) is 1.80. The summed E-state index contributed by atoms with van der Waals surface area (Å²) < 4.78 is 15.3. The molecule has 6 aromatic rings. The van der Waals surface area contributed by atoms with Crippen molar-refractivity contribution < 1.29 is 4.39 Å². The van der Waals surface area contributed by atoms with Gasteiger partial charge in [0.1, 0.15) is 5.82 Å². The molecule has 5 aromatic carbocycles. The van der Waals surface area contributed by atoms with E-state index < -0.39 is 8.07 Å². The Hall–Kier alpha value is -4.33. The van der Waals surface area contributed by atoms with Crippen molar-refractivity contribution in [1.29, 1.82) is 5.26 Å². The van der Waals surface area contributed by atoms with Crippen molar-refractivity contribution >= 4 is 45.6 Å². The third-order valence-electron chi connectivity index (χ3n) is 7.19. The van der Waals surface area contributed by atoms with E-state index in [1.807, 2.05) is 66.7 Å². The van der Waals surface area contributed by atoms with Gasteiger partial charge in [-0.3, -0.25) is 4.98 Å². The molecule has 0 atom stereocenters. The third-order valence-corrected chi connectivity index (χ3v) is 9.25. The largest absolute Gasteiger partial charge is 0.256 e. The van der Waals surface area contributed by atoms with E-state index >= 15 is 4.39 Å². The fraction of sp³-hybridized carbons (Fsp3) is 0.0909. The molecule has 0 radical (unpaired) electrons. The highest BCUT2D eigenvalue weighted by atomic mass is 28.3. The molecule has 6 rings (SSSR count). The van der Waals surface area contributed by atoms with Crippen molar-refractivity contribution in [3.8, 4) is 28.5 Å². The van der Waals surface area contributed by atoms with Gasteiger partial charge in [-0.1, -0.05) is 91.6 Å². The Bertz CT molecular complexity index is 1880. The van der Waals surface area contributed by atoms with E-state index in [1.165, 1.54) is 5.19 Å². The van der Waals surface area contributed by atoms with E-state index in [1.54, 1.807) is 12.3 Å². The fourth-order valence-corrected chi connectivity index (χ4v) is 6.41. The standard InChI is InChI=1S/C33H25FN2Si/c1-37(2,3)25-10-8-21(9-11-25)32-29-12-13-30-28(27(29)14-15-31(32)34)16-17-36-33(30)23-18-22-6-4-5-7-26(22)24(19-23)20-35/h4-19H,1-3H3. The molecule has 178 valence electrons. The van der Waals surface area contributed by atoms with Gasteiger partial charge in [0.05, 0.1) is 25.4 Å². The molecule has 37 heavy (non-hydrogen) atoms. The highest BCUT2D eigenvalue weighted by molar-refractivity contribution is 6.88. The van der Waals surface area contributed by atoms with E-state index in [-0.39, 0.29) is 5.82 Å². The summed E-state index contributed by atoms with van der Waals surface area (Å²) in [7, 11) is -1.44. The normalized spacial score (nSPS) is 11.8. The van der Waals surface area contributed by atoms with E-state index in [2.05, 4.69) is 43.9 Å². The maximum Gasteiger partial charge on any atom is 0.131 e. The van der Waals surface area contributed by atoms with Crippen LogP contribution in [0.3, 0.4) is 0 Å². The average molecular weight is 497 g/mol. The van der Waals surface area contributed by atoms with Gasteiger partial charge in [-0.05, 0) is 56.8 Å². The molecule has 0 unspecified atom stereocenters. The second-order valence-electron chi connectivity index (χ2n) is 10.5. The number of nitriles is 1. The molecule has 0 saturated carbocycles. The fourth-order valence-electron chi connectivity index (χ4n) is 5.24. The molecule has 0 bridgehead atoms. The second-order valence-corrected chi connectivity index (χ2v) is 15.6. The molecule has 0 fully saturated rings. The van der Waals surface area contributed by atoms with Crippen LogP contribution in [0.5, 0.6) is 0 Å². The number of halogens is 1. The predicted octanol–water partition coefficient (Wildman–Crippen LogP) is 8.43. The topological polar surface area (TPSA) is 36.7 Å². The van der Waals surface area contributed by atoms with Crippen molar-refractivity contribution in [2.75, 3.05) is 0 Å². The maximum atomic E-state index is 15.3. The summed E-state index contributed by atoms with van der Waals surface area (Å²) >= 11 is 0. The highest BCUT2D eigenvalue weighted by Crippen LogP contribution is 2.38. The molecule has 4 heteroatoms. The Morgan fingerprint density at radius 1 is 0.703 bits per heavy atom. The predicted molar refractivity (Wildman–Crippen MR) is 155 cm³/mol. The van der Waals surface area contributed by atoms with Crippen LogP contribution in [0.1, 0.15) is 5.56 Å². The SMILES string of the molecule is C[Si](C)(C)c1ccc(-c2c(F)ccc3c2ccc2c(-c4cc(C#N)c5ccccc5c4)nccc23)cc1. The van der Waals surface area contributed by atoms with Crippen LogP contribution < -0.4 is 5.19 Å². The van der Waals surface area contributed by atoms with Crippen LogP contribution in [-0.2, 0) is 0 Å². The molecule has 0 N–H and O–H groups in total. The lowest BCUT2D eigenvalue weighted by atomic mass is 9.92. The van der Waals surface area contributed by atoms with Gasteiger partial charge >= 0.3 is 0 Å². The second kappa shape index (κ2) is 8.65. The Labute approximate surface area is 216 Å². The third kappa shape index (κ3) is 3.89. The van der Waals surface area contributed by atoms with Crippen LogP contribution in [0.2, 0.25) is 19.6 Å². The molecular weight excluding hydrogens is 471 g/mol. The molecular formula is C33H25FN2Si. The lowest BCUT2D eigenvalue weighted by Gasteiger charge is -2.17. The van der Waals surface area contributed by atoms with Crippen molar-refractivity contribution in [1.82, 2.24) is 4.98 Å². The minimum Gasteiger partial charge on any atom is -0.256 e. The smallest absolute Gasteiger partial charge is 0.131 e. The van der Waals surface area contributed by atoms with Gasteiger partial charge in [-0.25, -0.2) is 4.39 Å². The molecule has 0 aliphatic carbocycles. The minimum atomic E-state index is -1.44. The zero-order chi connectivity index (χ0) is 25.7. The highest BCUT2D eigenvalue weighted by Gasteiger charge is 2.18. The molecule has 0 spiro atoms. The van der Waals surface area contributed by atoms with Gasteiger partial charge in [0.25, 0.3) is 0 Å². The van der Waals surface area contributed by atoms with Gasteiger partial charge in [-0.15, -0.1) is 0 Å². The van der Waals surface area contributed by atoms with Crippen molar-refractivity contribution in [2.24, 2.45) is 0 Å². The first kappa shape index (κ1) is 23.1. The number of benzene rings is 5. The Morgan fingerprint density at radius 2 is 1.41 bits per heavy atom. The Balaban J connectivity index is 1.57. The van der Waals surface area contributed by atoms with Gasteiger partial charge in [0.2, 0.25) is 0 Å².